The Labute approximate surface area is 94.8 Å². The Morgan fingerprint density at radius 3 is 2.94 bits per heavy atom. The molecule has 0 atom stereocenters. The third-order valence-corrected chi connectivity index (χ3v) is 2.03. The van der Waals surface area contributed by atoms with Crippen LogP contribution >= 0.6 is 0 Å². The predicted octanol–water partition coefficient (Wildman–Crippen LogP) is 2.94. The third-order valence-electron chi connectivity index (χ3n) is 2.03. The van der Waals surface area contributed by atoms with Gasteiger partial charge in [0.15, 0.2) is 11.6 Å². The lowest BCUT2D eigenvalue weighted by Crippen LogP contribution is -2.02. The Balaban J connectivity index is 2.50. The fraction of sp³-hybridized carbons (Fsp3) is 0.417. The third kappa shape index (κ3) is 3.77. The van der Waals surface area contributed by atoms with Crippen molar-refractivity contribution in [2.45, 2.75) is 19.8 Å². The number of benzene rings is 1. The van der Waals surface area contributed by atoms with Crippen molar-refractivity contribution in [1.29, 1.82) is 5.26 Å². The molecule has 0 saturated carbocycles. The molecule has 0 spiro atoms. The van der Waals surface area contributed by atoms with E-state index >= 15 is 0 Å². The van der Waals surface area contributed by atoms with Gasteiger partial charge in [0, 0.05) is 24.7 Å². The van der Waals surface area contributed by atoms with Gasteiger partial charge in [0.05, 0.1) is 12.7 Å². The number of nitrogens with one attached hydrogen (secondary N) is 1. The Kier molecular flexibility index (Phi) is 5.13. The molecule has 0 unspecified atom stereocenters. The zero-order chi connectivity index (χ0) is 11.8. The normalized spacial score (nSPS) is 9.56. The van der Waals surface area contributed by atoms with Crippen LogP contribution in [-0.4, -0.2) is 13.2 Å². The second kappa shape index (κ2) is 6.67. The molecule has 1 rings (SSSR count). The van der Waals surface area contributed by atoms with Crippen molar-refractivity contribution in [3.63, 3.8) is 0 Å². The molecule has 0 amide bonds. The lowest BCUT2D eigenvalue weighted by molar-refractivity contribution is 0.321. The van der Waals surface area contributed by atoms with Gasteiger partial charge in [-0.25, -0.2) is 4.39 Å². The first kappa shape index (κ1) is 12.3. The molecule has 0 heterocycles. The molecule has 0 aromatic heterocycles. The van der Waals surface area contributed by atoms with E-state index in [9.17, 15) is 4.39 Å². The summed E-state index contributed by atoms with van der Waals surface area (Å²) in [7, 11) is 0. The van der Waals surface area contributed by atoms with Crippen LogP contribution < -0.4 is 10.1 Å². The lowest BCUT2D eigenvalue weighted by atomic mass is 10.2. The van der Waals surface area contributed by atoms with E-state index in [4.69, 9.17) is 10.00 Å². The SMILES string of the molecule is CCOc1ccc(NCCCC#N)cc1F. The van der Waals surface area contributed by atoms with Crippen LogP contribution in [0.2, 0.25) is 0 Å². The Bertz CT molecular complexity index is 374. The van der Waals surface area contributed by atoms with Crippen molar-refractivity contribution < 1.29 is 9.13 Å². The molecule has 86 valence electrons. The molecular formula is C12H15FN2O. The molecule has 0 aliphatic heterocycles. The van der Waals surface area contributed by atoms with Gasteiger partial charge >= 0.3 is 0 Å². The molecule has 0 bridgehead atoms. The van der Waals surface area contributed by atoms with Crippen LogP contribution in [0.4, 0.5) is 10.1 Å². The number of hydrogen-bond acceptors (Lipinski definition) is 3. The smallest absolute Gasteiger partial charge is 0.167 e. The van der Waals surface area contributed by atoms with E-state index in [1.807, 2.05) is 6.92 Å². The number of ether oxygens (including phenoxy) is 1. The van der Waals surface area contributed by atoms with E-state index in [2.05, 4.69) is 11.4 Å². The van der Waals surface area contributed by atoms with E-state index in [1.165, 1.54) is 6.07 Å². The van der Waals surface area contributed by atoms with Crippen molar-refractivity contribution in [1.82, 2.24) is 0 Å². The van der Waals surface area contributed by atoms with Gasteiger partial charge in [-0.15, -0.1) is 0 Å². The standard InChI is InChI=1S/C12H15FN2O/c1-2-16-12-6-5-10(9-11(12)13)15-8-4-3-7-14/h5-6,9,15H,2-4,8H2,1H3. The monoisotopic (exact) mass is 222 g/mol. The van der Waals surface area contributed by atoms with E-state index in [1.54, 1.807) is 12.1 Å². The van der Waals surface area contributed by atoms with Crippen LogP contribution in [0.3, 0.4) is 0 Å². The molecule has 1 aromatic carbocycles. The van der Waals surface area contributed by atoms with Crippen LogP contribution in [0.15, 0.2) is 18.2 Å². The fourth-order valence-corrected chi connectivity index (χ4v) is 1.28. The van der Waals surface area contributed by atoms with E-state index < -0.39 is 0 Å². The predicted molar refractivity (Wildman–Crippen MR) is 60.9 cm³/mol. The maximum absolute atomic E-state index is 13.4. The molecule has 16 heavy (non-hydrogen) atoms. The summed E-state index contributed by atoms with van der Waals surface area (Å²) >= 11 is 0. The van der Waals surface area contributed by atoms with Crippen LogP contribution in [-0.2, 0) is 0 Å². The summed E-state index contributed by atoms with van der Waals surface area (Å²) in [6.07, 6.45) is 1.26. The van der Waals surface area contributed by atoms with Crippen molar-refractivity contribution in [3.05, 3.63) is 24.0 Å². The minimum Gasteiger partial charge on any atom is -0.491 e. The number of hydrogen-bond donors (Lipinski definition) is 1. The summed E-state index contributed by atoms with van der Waals surface area (Å²) < 4.78 is 18.5. The van der Waals surface area contributed by atoms with Crippen molar-refractivity contribution >= 4 is 5.69 Å². The highest BCUT2D eigenvalue weighted by Crippen LogP contribution is 2.20. The molecule has 4 heteroatoms. The first-order chi connectivity index (χ1) is 7.77. The molecule has 0 fully saturated rings. The quantitative estimate of drug-likeness (QED) is 0.752. The maximum atomic E-state index is 13.4. The molecule has 3 nitrogen and oxygen atoms in total. The van der Waals surface area contributed by atoms with Crippen LogP contribution in [0, 0.1) is 17.1 Å². The zero-order valence-corrected chi connectivity index (χ0v) is 9.29. The average molecular weight is 222 g/mol. The van der Waals surface area contributed by atoms with Crippen LogP contribution in [0.1, 0.15) is 19.8 Å². The van der Waals surface area contributed by atoms with Gasteiger partial charge in [-0.1, -0.05) is 0 Å². The summed E-state index contributed by atoms with van der Waals surface area (Å²) in [5, 5.41) is 11.4. The summed E-state index contributed by atoms with van der Waals surface area (Å²) in [4.78, 5) is 0. The highest BCUT2D eigenvalue weighted by atomic mass is 19.1. The van der Waals surface area contributed by atoms with Crippen molar-refractivity contribution in [2.24, 2.45) is 0 Å². The second-order valence-electron chi connectivity index (χ2n) is 3.27. The molecule has 1 aromatic rings. The summed E-state index contributed by atoms with van der Waals surface area (Å²) in [6, 6.07) is 6.82. The first-order valence-corrected chi connectivity index (χ1v) is 5.31. The highest BCUT2D eigenvalue weighted by Gasteiger charge is 2.03. The molecule has 0 aliphatic rings. The minimum atomic E-state index is -0.368. The van der Waals surface area contributed by atoms with E-state index in [-0.39, 0.29) is 11.6 Å². The topological polar surface area (TPSA) is 45.0 Å². The average Bonchev–Trinajstić information content (AvgIpc) is 2.28. The fourth-order valence-electron chi connectivity index (χ4n) is 1.28. The summed E-state index contributed by atoms with van der Waals surface area (Å²) in [5.41, 5.74) is 0.707. The maximum Gasteiger partial charge on any atom is 0.167 e. The number of anilines is 1. The molecule has 0 radical (unpaired) electrons. The number of halogens is 1. The lowest BCUT2D eigenvalue weighted by Gasteiger charge is -2.08. The Morgan fingerprint density at radius 1 is 1.50 bits per heavy atom. The largest absolute Gasteiger partial charge is 0.491 e. The van der Waals surface area contributed by atoms with Crippen LogP contribution in [0.5, 0.6) is 5.75 Å². The summed E-state index contributed by atoms with van der Waals surface area (Å²) in [6.45, 7) is 2.93. The number of rotatable bonds is 6. The molecular weight excluding hydrogens is 207 g/mol. The van der Waals surface area contributed by atoms with Gasteiger partial charge in [-0.3, -0.25) is 0 Å². The number of nitriles is 1. The zero-order valence-electron chi connectivity index (χ0n) is 9.29. The van der Waals surface area contributed by atoms with Crippen molar-refractivity contribution in [2.75, 3.05) is 18.5 Å². The molecule has 1 N–H and O–H groups in total. The minimum absolute atomic E-state index is 0.269. The highest BCUT2D eigenvalue weighted by molar-refractivity contribution is 5.47. The van der Waals surface area contributed by atoms with Crippen LogP contribution in [0.25, 0.3) is 0 Å². The van der Waals surface area contributed by atoms with Gasteiger partial charge in [0.1, 0.15) is 0 Å². The first-order valence-electron chi connectivity index (χ1n) is 5.31. The molecule has 0 saturated heterocycles. The number of unbranched alkanes of at least 4 members (excludes halogenated alkanes) is 1. The second-order valence-corrected chi connectivity index (χ2v) is 3.27. The summed E-state index contributed by atoms with van der Waals surface area (Å²) in [5.74, 6) is -0.0998. The van der Waals surface area contributed by atoms with Gasteiger partial charge in [0.2, 0.25) is 0 Å². The van der Waals surface area contributed by atoms with E-state index in [0.717, 1.165) is 6.42 Å². The molecule has 0 aliphatic carbocycles. The van der Waals surface area contributed by atoms with Gasteiger partial charge in [0.25, 0.3) is 0 Å². The number of nitrogens with zero attached hydrogens (tertiary/aromatic N) is 1. The van der Waals surface area contributed by atoms with Gasteiger partial charge in [-0.05, 0) is 25.5 Å². The van der Waals surface area contributed by atoms with Gasteiger partial charge < -0.3 is 10.1 Å². The van der Waals surface area contributed by atoms with Crippen molar-refractivity contribution in [3.8, 4) is 11.8 Å². The Morgan fingerprint density at radius 2 is 2.31 bits per heavy atom. The van der Waals surface area contributed by atoms with Gasteiger partial charge in [-0.2, -0.15) is 5.26 Å². The van der Waals surface area contributed by atoms with E-state index in [0.29, 0.717) is 25.3 Å². The Hall–Kier alpha value is -1.76.